The van der Waals surface area contributed by atoms with Crippen LogP contribution in [0.2, 0.25) is 0 Å². The van der Waals surface area contributed by atoms with E-state index in [0.29, 0.717) is 44.4 Å². The number of nitriles is 1. The zero-order valence-corrected chi connectivity index (χ0v) is 27.2. The smallest absolute Gasteiger partial charge is 0.338 e. The Morgan fingerprint density at radius 3 is 2.36 bits per heavy atom. The first-order valence-corrected chi connectivity index (χ1v) is 16.3. The van der Waals surface area contributed by atoms with E-state index in [-0.39, 0.29) is 12.2 Å². The largest absolute Gasteiger partial charge is 0.488 e. The van der Waals surface area contributed by atoms with E-state index in [1.165, 1.54) is 11.3 Å². The van der Waals surface area contributed by atoms with Gasteiger partial charge in [0.1, 0.15) is 12.4 Å². The van der Waals surface area contributed by atoms with Gasteiger partial charge in [0.05, 0.1) is 40.1 Å². The highest BCUT2D eigenvalue weighted by atomic mass is 32.1. The third kappa shape index (κ3) is 6.57. The van der Waals surface area contributed by atoms with Gasteiger partial charge in [-0.15, -0.1) is 0 Å². The summed E-state index contributed by atoms with van der Waals surface area (Å²) in [5.74, 6) is 0.426. The highest BCUT2D eigenvalue weighted by Crippen LogP contribution is 2.35. The number of hydrogen-bond acceptors (Lipinski definition) is 7. The summed E-state index contributed by atoms with van der Waals surface area (Å²) in [6.45, 7) is 6.51. The first kappa shape index (κ1) is 31.5. The maximum Gasteiger partial charge on any atom is 0.338 e. The van der Waals surface area contributed by atoms with Crippen molar-refractivity contribution >= 4 is 29.1 Å². The van der Waals surface area contributed by atoms with E-state index in [0.717, 1.165) is 27.8 Å². The number of fused-ring (bicyclic) bond motifs is 1. The Morgan fingerprint density at radius 2 is 1.68 bits per heavy atom. The molecule has 0 aliphatic carbocycles. The maximum absolute atomic E-state index is 14.3. The highest BCUT2D eigenvalue weighted by molar-refractivity contribution is 7.07. The molecule has 4 aromatic carbocycles. The van der Waals surface area contributed by atoms with Gasteiger partial charge in [-0.3, -0.25) is 9.36 Å². The third-order valence-electron chi connectivity index (χ3n) is 7.98. The van der Waals surface area contributed by atoms with Gasteiger partial charge in [0.15, 0.2) is 4.80 Å². The van der Waals surface area contributed by atoms with Crippen molar-refractivity contribution in [1.29, 1.82) is 5.26 Å². The van der Waals surface area contributed by atoms with Gasteiger partial charge < -0.3 is 9.47 Å². The van der Waals surface area contributed by atoms with Gasteiger partial charge in [0.25, 0.3) is 5.56 Å². The van der Waals surface area contributed by atoms with Crippen molar-refractivity contribution in [2.75, 3.05) is 6.61 Å². The fourth-order valence-electron chi connectivity index (χ4n) is 5.53. The molecule has 8 heteroatoms. The summed E-state index contributed by atoms with van der Waals surface area (Å²) in [6.07, 6.45) is 1.81. The van der Waals surface area contributed by atoms with Crippen LogP contribution in [-0.2, 0) is 16.1 Å². The number of esters is 1. The maximum atomic E-state index is 14.3. The number of carbonyl (C=O) groups is 1. The number of rotatable bonds is 9. The van der Waals surface area contributed by atoms with Gasteiger partial charge in [-0.25, -0.2) is 9.79 Å². The molecule has 1 aromatic heterocycles. The molecule has 1 aliphatic rings. The topological polar surface area (TPSA) is 93.7 Å². The predicted octanol–water partition coefficient (Wildman–Crippen LogP) is 6.51. The molecule has 234 valence electrons. The number of nitrogens with zero attached hydrogens (tertiary/aromatic N) is 3. The number of ether oxygens (including phenoxy) is 2. The molecule has 0 fully saturated rings. The van der Waals surface area contributed by atoms with Crippen LogP contribution >= 0.6 is 11.3 Å². The molecule has 6 rings (SSSR count). The van der Waals surface area contributed by atoms with Crippen molar-refractivity contribution in [3.63, 3.8) is 0 Å². The standard InChI is InChI=1S/C39H33N3O4S/c1-4-45-38(44)34-35(29-10-6-5-7-11-29)41-39-42(36(34)30-20-18-28(19-21-30)25(2)3)37(43)33(47-39)22-31-12-8-9-13-32(31)46-24-27-16-14-26(23-40)15-17-27/h5-22,25,36H,4,24H2,1-3H3/b33-22-/t36-/m0/s1. The summed E-state index contributed by atoms with van der Waals surface area (Å²) in [6, 6.07) is 33.7. The normalized spacial score (nSPS) is 14.4. The van der Waals surface area contributed by atoms with Crippen molar-refractivity contribution in [3.8, 4) is 11.8 Å². The summed E-state index contributed by atoms with van der Waals surface area (Å²) < 4.78 is 13.8. The van der Waals surface area contributed by atoms with Crippen LogP contribution in [0.5, 0.6) is 5.75 Å². The molecule has 0 amide bonds. The number of hydrogen-bond donors (Lipinski definition) is 0. The first-order chi connectivity index (χ1) is 22.9. The lowest BCUT2D eigenvalue weighted by atomic mass is 9.91. The van der Waals surface area contributed by atoms with Crippen LogP contribution in [0, 0.1) is 11.3 Å². The number of carbonyl (C=O) groups excluding carboxylic acids is 1. The first-order valence-electron chi connectivity index (χ1n) is 15.5. The van der Waals surface area contributed by atoms with Crippen LogP contribution in [0.15, 0.2) is 118 Å². The summed E-state index contributed by atoms with van der Waals surface area (Å²) >= 11 is 1.27. The minimum atomic E-state index is -0.744. The molecule has 0 saturated carbocycles. The average molecular weight is 640 g/mol. The molecule has 0 saturated heterocycles. The van der Waals surface area contributed by atoms with Crippen molar-refractivity contribution < 1.29 is 14.3 Å². The quantitative estimate of drug-likeness (QED) is 0.172. The molecule has 0 radical (unpaired) electrons. The van der Waals surface area contributed by atoms with E-state index in [1.54, 1.807) is 23.6 Å². The second-order valence-electron chi connectivity index (χ2n) is 11.4. The van der Waals surface area contributed by atoms with Crippen LogP contribution in [-0.4, -0.2) is 17.1 Å². The lowest BCUT2D eigenvalue weighted by Gasteiger charge is -2.26. The Morgan fingerprint density at radius 1 is 0.979 bits per heavy atom. The molecule has 1 atom stereocenters. The SMILES string of the molecule is CCOC(=O)C1=C(c2ccccc2)N=c2s/c(=C\c3ccccc3OCc3ccc(C#N)cc3)c(=O)n2[C@H]1c1ccc(C(C)C)cc1. The molecule has 0 unspecified atom stereocenters. The highest BCUT2D eigenvalue weighted by Gasteiger charge is 2.35. The number of aromatic nitrogens is 1. The zero-order chi connectivity index (χ0) is 32.9. The minimum absolute atomic E-state index is 0.188. The van der Waals surface area contributed by atoms with Crippen LogP contribution in [0.4, 0.5) is 0 Å². The second-order valence-corrected chi connectivity index (χ2v) is 12.4. The van der Waals surface area contributed by atoms with E-state index in [9.17, 15) is 9.59 Å². The minimum Gasteiger partial charge on any atom is -0.488 e. The number of benzene rings is 4. The Kier molecular flexibility index (Phi) is 9.28. The summed E-state index contributed by atoms with van der Waals surface area (Å²) in [4.78, 5) is 33.5. The number of thiazole rings is 1. The molecule has 7 nitrogen and oxygen atoms in total. The molecule has 0 N–H and O–H groups in total. The Balaban J connectivity index is 1.50. The van der Waals surface area contributed by atoms with Crippen molar-refractivity contribution in [1.82, 2.24) is 4.57 Å². The predicted molar refractivity (Wildman–Crippen MR) is 184 cm³/mol. The third-order valence-corrected chi connectivity index (χ3v) is 8.96. The van der Waals surface area contributed by atoms with Crippen LogP contribution in [0.1, 0.15) is 66.1 Å². The lowest BCUT2D eigenvalue weighted by molar-refractivity contribution is -0.138. The monoisotopic (exact) mass is 639 g/mol. The van der Waals surface area contributed by atoms with Crippen molar-refractivity contribution in [2.45, 2.75) is 39.3 Å². The van der Waals surface area contributed by atoms with Crippen LogP contribution in [0.3, 0.4) is 0 Å². The Hall–Kier alpha value is -5.52. The molecule has 47 heavy (non-hydrogen) atoms. The summed E-state index contributed by atoms with van der Waals surface area (Å²) in [5.41, 5.74) is 5.49. The van der Waals surface area contributed by atoms with Gasteiger partial charge in [-0.2, -0.15) is 5.26 Å². The lowest BCUT2D eigenvalue weighted by Crippen LogP contribution is -2.40. The molecule has 1 aliphatic heterocycles. The zero-order valence-electron chi connectivity index (χ0n) is 26.3. The average Bonchev–Trinajstić information content (AvgIpc) is 3.41. The Bertz CT molecular complexity index is 2170. The molecular formula is C39H33N3O4S. The van der Waals surface area contributed by atoms with Crippen molar-refractivity contribution in [3.05, 3.63) is 162 Å². The van der Waals surface area contributed by atoms with Crippen LogP contribution in [0.25, 0.3) is 11.8 Å². The summed E-state index contributed by atoms with van der Waals surface area (Å²) in [7, 11) is 0. The van der Waals surface area contributed by atoms with Gasteiger partial charge in [-0.1, -0.05) is 110 Å². The van der Waals surface area contributed by atoms with E-state index in [4.69, 9.17) is 19.7 Å². The van der Waals surface area contributed by atoms with E-state index >= 15 is 0 Å². The molecular weight excluding hydrogens is 607 g/mol. The van der Waals surface area contributed by atoms with E-state index in [1.807, 2.05) is 97.1 Å². The molecule has 0 bridgehead atoms. The van der Waals surface area contributed by atoms with Gasteiger partial charge in [0, 0.05) is 11.1 Å². The Labute approximate surface area is 277 Å². The van der Waals surface area contributed by atoms with E-state index in [2.05, 4.69) is 19.9 Å². The van der Waals surface area contributed by atoms with Crippen molar-refractivity contribution in [2.24, 2.45) is 4.99 Å². The van der Waals surface area contributed by atoms with E-state index < -0.39 is 12.0 Å². The fraction of sp³-hybridized carbons (Fsp3) is 0.179. The van der Waals surface area contributed by atoms with Gasteiger partial charge in [0.2, 0.25) is 0 Å². The van der Waals surface area contributed by atoms with Crippen LogP contribution < -0.4 is 19.6 Å². The molecule has 5 aromatic rings. The van der Waals surface area contributed by atoms with Gasteiger partial charge in [-0.05, 0) is 53.8 Å². The second kappa shape index (κ2) is 13.9. The molecule has 2 heterocycles. The fourth-order valence-corrected chi connectivity index (χ4v) is 6.52. The van der Waals surface area contributed by atoms with Gasteiger partial charge >= 0.3 is 5.97 Å². The number of para-hydroxylation sites is 1. The summed E-state index contributed by atoms with van der Waals surface area (Å²) in [5, 5.41) is 9.10. The molecule has 0 spiro atoms.